The van der Waals surface area contributed by atoms with Crippen LogP contribution in [0.5, 0.6) is 5.75 Å². The number of benzene rings is 2. The molecular weight excluding hydrogens is 228 g/mol. The first-order valence-electron chi connectivity index (χ1n) is 5.63. The van der Waals surface area contributed by atoms with Gasteiger partial charge in [0, 0.05) is 5.56 Å². The van der Waals surface area contributed by atoms with Crippen molar-refractivity contribution in [3.63, 3.8) is 0 Å². The summed E-state index contributed by atoms with van der Waals surface area (Å²) in [4.78, 5) is 10.8. The lowest BCUT2D eigenvalue weighted by Gasteiger charge is -2.10. The molecule has 0 radical (unpaired) electrons. The summed E-state index contributed by atoms with van der Waals surface area (Å²) in [7, 11) is 0. The van der Waals surface area contributed by atoms with E-state index in [0.29, 0.717) is 5.56 Å². The van der Waals surface area contributed by atoms with E-state index in [9.17, 15) is 9.90 Å². The molecule has 0 saturated carbocycles. The molecule has 0 aliphatic carbocycles. The fourth-order valence-corrected chi connectivity index (χ4v) is 1.92. The predicted molar refractivity (Wildman–Crippen MR) is 70.0 cm³/mol. The maximum Gasteiger partial charge on any atom is 0.335 e. The zero-order chi connectivity index (χ0) is 13.3. The van der Waals surface area contributed by atoms with Crippen molar-refractivity contribution in [2.75, 3.05) is 0 Å². The summed E-state index contributed by atoms with van der Waals surface area (Å²) in [6.45, 7) is 3.94. The molecule has 2 aromatic carbocycles. The number of hydrogen-bond acceptors (Lipinski definition) is 2. The van der Waals surface area contributed by atoms with Gasteiger partial charge in [0.05, 0.1) is 5.56 Å². The highest BCUT2D eigenvalue weighted by molar-refractivity contribution is 5.89. The van der Waals surface area contributed by atoms with E-state index in [2.05, 4.69) is 0 Å². The summed E-state index contributed by atoms with van der Waals surface area (Å²) in [5.41, 5.74) is 3.79. The van der Waals surface area contributed by atoms with Gasteiger partial charge in [0.15, 0.2) is 0 Å². The largest absolute Gasteiger partial charge is 0.507 e. The lowest BCUT2D eigenvalue weighted by atomic mass is 9.97. The van der Waals surface area contributed by atoms with Gasteiger partial charge in [-0.05, 0) is 43.2 Å². The SMILES string of the molecule is Cc1ccc(C)c(-c2ccc(C(=O)O)cc2O)c1. The minimum Gasteiger partial charge on any atom is -0.507 e. The smallest absolute Gasteiger partial charge is 0.335 e. The van der Waals surface area contributed by atoms with E-state index >= 15 is 0 Å². The summed E-state index contributed by atoms with van der Waals surface area (Å²) < 4.78 is 0. The number of phenolic OH excluding ortho intramolecular Hbond substituents is 1. The lowest BCUT2D eigenvalue weighted by molar-refractivity contribution is 0.0696. The molecule has 0 amide bonds. The number of hydrogen-bond donors (Lipinski definition) is 2. The van der Waals surface area contributed by atoms with Crippen LogP contribution in [0.1, 0.15) is 21.5 Å². The van der Waals surface area contributed by atoms with Gasteiger partial charge in [-0.3, -0.25) is 0 Å². The number of carboxylic acid groups (broad SMARTS) is 1. The molecule has 0 unspecified atom stereocenters. The Hall–Kier alpha value is -2.29. The fraction of sp³-hybridized carbons (Fsp3) is 0.133. The molecule has 92 valence electrons. The van der Waals surface area contributed by atoms with Crippen LogP contribution >= 0.6 is 0 Å². The molecule has 2 N–H and O–H groups in total. The van der Waals surface area contributed by atoms with Crippen LogP contribution < -0.4 is 0 Å². The van der Waals surface area contributed by atoms with E-state index in [1.807, 2.05) is 32.0 Å². The first-order chi connectivity index (χ1) is 8.49. The molecular formula is C15H14O3. The van der Waals surface area contributed by atoms with Gasteiger partial charge in [0.2, 0.25) is 0 Å². The predicted octanol–water partition coefficient (Wildman–Crippen LogP) is 3.37. The maximum absolute atomic E-state index is 10.8. The molecule has 0 spiro atoms. The average Bonchev–Trinajstić information content (AvgIpc) is 2.32. The molecule has 0 aromatic heterocycles. The normalized spacial score (nSPS) is 10.3. The highest BCUT2D eigenvalue weighted by Gasteiger charge is 2.11. The van der Waals surface area contributed by atoms with Crippen molar-refractivity contribution in [2.45, 2.75) is 13.8 Å². The maximum atomic E-state index is 10.8. The monoisotopic (exact) mass is 242 g/mol. The lowest BCUT2D eigenvalue weighted by Crippen LogP contribution is -1.96. The van der Waals surface area contributed by atoms with Gasteiger partial charge in [-0.2, -0.15) is 0 Å². The summed E-state index contributed by atoms with van der Waals surface area (Å²) in [5.74, 6) is -1.05. The number of aromatic carboxylic acids is 1. The second kappa shape index (κ2) is 4.53. The quantitative estimate of drug-likeness (QED) is 0.848. The van der Waals surface area contributed by atoms with Crippen LogP contribution in [0.3, 0.4) is 0 Å². The highest BCUT2D eigenvalue weighted by Crippen LogP contribution is 2.32. The van der Waals surface area contributed by atoms with E-state index in [1.54, 1.807) is 6.07 Å². The van der Waals surface area contributed by atoms with Crippen molar-refractivity contribution in [3.05, 3.63) is 53.1 Å². The van der Waals surface area contributed by atoms with Gasteiger partial charge in [-0.25, -0.2) is 4.79 Å². The van der Waals surface area contributed by atoms with Crippen molar-refractivity contribution < 1.29 is 15.0 Å². The summed E-state index contributed by atoms with van der Waals surface area (Å²) in [6, 6.07) is 10.4. The third kappa shape index (κ3) is 2.20. The Morgan fingerprint density at radius 2 is 1.72 bits per heavy atom. The van der Waals surface area contributed by atoms with Crippen LogP contribution in [0.4, 0.5) is 0 Å². The first kappa shape index (κ1) is 12.2. The third-order valence-corrected chi connectivity index (χ3v) is 2.93. The van der Waals surface area contributed by atoms with Crippen molar-refractivity contribution in [3.8, 4) is 16.9 Å². The standard InChI is InChI=1S/C15H14O3/c1-9-3-4-10(2)13(7-9)12-6-5-11(15(17)18)8-14(12)16/h3-8,16H,1-2H3,(H,17,18). The summed E-state index contributed by atoms with van der Waals surface area (Å²) in [6.07, 6.45) is 0. The Morgan fingerprint density at radius 1 is 1.00 bits per heavy atom. The molecule has 0 fully saturated rings. The van der Waals surface area contributed by atoms with Crippen LogP contribution in [-0.2, 0) is 0 Å². The minimum atomic E-state index is -1.04. The molecule has 0 atom stereocenters. The topological polar surface area (TPSA) is 57.5 Å². The third-order valence-electron chi connectivity index (χ3n) is 2.93. The number of phenols is 1. The van der Waals surface area contributed by atoms with E-state index < -0.39 is 5.97 Å². The van der Waals surface area contributed by atoms with Crippen molar-refractivity contribution in [1.29, 1.82) is 0 Å². The van der Waals surface area contributed by atoms with Crippen LogP contribution in [-0.4, -0.2) is 16.2 Å². The second-order valence-electron chi connectivity index (χ2n) is 4.36. The summed E-state index contributed by atoms with van der Waals surface area (Å²) >= 11 is 0. The van der Waals surface area contributed by atoms with Gasteiger partial charge in [-0.15, -0.1) is 0 Å². The Kier molecular flexibility index (Phi) is 3.06. The van der Waals surface area contributed by atoms with E-state index in [0.717, 1.165) is 16.7 Å². The van der Waals surface area contributed by atoms with Gasteiger partial charge >= 0.3 is 5.97 Å². The first-order valence-corrected chi connectivity index (χ1v) is 5.63. The average molecular weight is 242 g/mol. The molecule has 0 bridgehead atoms. The van der Waals surface area contributed by atoms with Gasteiger partial charge in [0.1, 0.15) is 5.75 Å². The molecule has 0 aliphatic rings. The number of carboxylic acids is 1. The molecule has 0 aliphatic heterocycles. The molecule has 18 heavy (non-hydrogen) atoms. The Morgan fingerprint density at radius 3 is 2.33 bits per heavy atom. The Labute approximate surface area is 105 Å². The van der Waals surface area contributed by atoms with E-state index in [1.165, 1.54) is 12.1 Å². The fourth-order valence-electron chi connectivity index (χ4n) is 1.92. The minimum absolute atomic E-state index is 0.0106. The Bertz CT molecular complexity index is 615. The zero-order valence-electron chi connectivity index (χ0n) is 10.3. The molecule has 3 nitrogen and oxygen atoms in total. The van der Waals surface area contributed by atoms with E-state index in [4.69, 9.17) is 5.11 Å². The number of aromatic hydroxyl groups is 1. The zero-order valence-corrected chi connectivity index (χ0v) is 10.3. The van der Waals surface area contributed by atoms with Crippen molar-refractivity contribution >= 4 is 5.97 Å². The molecule has 2 rings (SSSR count). The van der Waals surface area contributed by atoms with Gasteiger partial charge < -0.3 is 10.2 Å². The van der Waals surface area contributed by atoms with E-state index in [-0.39, 0.29) is 11.3 Å². The van der Waals surface area contributed by atoms with Gasteiger partial charge in [-0.1, -0.05) is 23.8 Å². The molecule has 0 saturated heterocycles. The second-order valence-corrected chi connectivity index (χ2v) is 4.36. The summed E-state index contributed by atoms with van der Waals surface area (Å²) in [5, 5.41) is 18.8. The molecule has 2 aromatic rings. The molecule has 3 heteroatoms. The van der Waals surface area contributed by atoms with Crippen LogP contribution in [0, 0.1) is 13.8 Å². The Balaban J connectivity index is 2.58. The highest BCUT2D eigenvalue weighted by atomic mass is 16.4. The van der Waals surface area contributed by atoms with Crippen molar-refractivity contribution in [1.82, 2.24) is 0 Å². The number of aryl methyl sites for hydroxylation is 2. The number of rotatable bonds is 2. The number of carbonyl (C=O) groups is 1. The van der Waals surface area contributed by atoms with Crippen LogP contribution in [0.15, 0.2) is 36.4 Å². The van der Waals surface area contributed by atoms with Crippen LogP contribution in [0.25, 0.3) is 11.1 Å². The van der Waals surface area contributed by atoms with Crippen molar-refractivity contribution in [2.24, 2.45) is 0 Å². The van der Waals surface area contributed by atoms with Crippen LogP contribution in [0.2, 0.25) is 0 Å². The molecule has 0 heterocycles. The van der Waals surface area contributed by atoms with Gasteiger partial charge in [0.25, 0.3) is 0 Å².